The van der Waals surface area contributed by atoms with Crippen molar-refractivity contribution in [3.63, 3.8) is 0 Å². The average Bonchev–Trinajstić information content (AvgIpc) is 2.73. The van der Waals surface area contributed by atoms with Gasteiger partial charge in [-0.1, -0.05) is 15.9 Å². The van der Waals surface area contributed by atoms with E-state index in [4.69, 9.17) is 0 Å². The van der Waals surface area contributed by atoms with Crippen molar-refractivity contribution in [3.05, 3.63) is 40.6 Å². The van der Waals surface area contributed by atoms with Gasteiger partial charge in [0.2, 0.25) is 0 Å². The lowest BCUT2D eigenvalue weighted by Gasteiger charge is -2.45. The minimum absolute atomic E-state index is 0.191. The summed E-state index contributed by atoms with van der Waals surface area (Å²) in [5, 5.41) is 4.64. The number of aromatic nitrogens is 2. The SMILES string of the molecule is C[C@@H](NC(=O)c1ccc2c(n1)N(C(=O)Nc1cc(Br)ccn1)[C@H]1CCCN2C1)C(F)(F)F. The smallest absolute Gasteiger partial charge is 0.366 e. The number of nitrogens with zero attached hydrogens (tertiary/aromatic N) is 4. The molecule has 2 N–H and O–H groups in total. The Kier molecular flexibility index (Phi) is 5.97. The maximum atomic E-state index is 13.2. The molecule has 0 radical (unpaired) electrons. The summed E-state index contributed by atoms with van der Waals surface area (Å²) in [4.78, 5) is 37.6. The van der Waals surface area contributed by atoms with E-state index in [9.17, 15) is 22.8 Å². The van der Waals surface area contributed by atoms with Gasteiger partial charge in [0.1, 0.15) is 17.6 Å². The molecular weight excluding hydrogens is 493 g/mol. The molecule has 12 heteroatoms. The molecule has 0 aromatic carbocycles. The molecular formula is C20H20BrF3N6O2. The number of fused-ring (bicyclic) bond motifs is 4. The fraction of sp³-hybridized carbons (Fsp3) is 0.400. The van der Waals surface area contributed by atoms with Crippen LogP contribution in [-0.4, -0.2) is 53.3 Å². The first kappa shape index (κ1) is 22.3. The number of rotatable bonds is 3. The van der Waals surface area contributed by atoms with Crippen LogP contribution in [-0.2, 0) is 0 Å². The number of piperidine rings is 1. The van der Waals surface area contributed by atoms with Crippen LogP contribution in [0.3, 0.4) is 0 Å². The van der Waals surface area contributed by atoms with Gasteiger partial charge in [-0.25, -0.2) is 14.8 Å². The van der Waals surface area contributed by atoms with Gasteiger partial charge >= 0.3 is 12.2 Å². The van der Waals surface area contributed by atoms with Gasteiger partial charge in [0.15, 0.2) is 5.82 Å². The van der Waals surface area contributed by atoms with Gasteiger partial charge in [0, 0.05) is 23.8 Å². The van der Waals surface area contributed by atoms with E-state index < -0.39 is 24.2 Å². The van der Waals surface area contributed by atoms with E-state index >= 15 is 0 Å². The lowest BCUT2D eigenvalue weighted by molar-refractivity contribution is -0.149. The monoisotopic (exact) mass is 512 g/mol. The number of hydrogen-bond donors (Lipinski definition) is 2. The molecule has 170 valence electrons. The molecule has 0 spiro atoms. The molecule has 4 rings (SSSR count). The standard InChI is InChI=1S/C20H20BrF3N6O2/c1-11(20(22,23)24)26-18(31)14-4-5-15-17(27-14)30(13-3-2-8-29(15)10-13)19(32)28-16-9-12(21)6-7-25-16/h4-7,9,11,13H,2-3,8,10H2,1H3,(H,26,31)(H,25,28,32)/t11-,13+/m1/s1. The van der Waals surface area contributed by atoms with Gasteiger partial charge < -0.3 is 10.2 Å². The van der Waals surface area contributed by atoms with E-state index in [-0.39, 0.29) is 17.6 Å². The van der Waals surface area contributed by atoms with Crippen LogP contribution < -0.4 is 20.4 Å². The summed E-state index contributed by atoms with van der Waals surface area (Å²) in [7, 11) is 0. The first-order valence-corrected chi connectivity index (χ1v) is 10.8. The minimum atomic E-state index is -4.57. The van der Waals surface area contributed by atoms with Crippen molar-refractivity contribution in [3.8, 4) is 0 Å². The number of nitrogens with one attached hydrogen (secondary N) is 2. The molecule has 4 heterocycles. The molecule has 1 fully saturated rings. The van der Waals surface area contributed by atoms with E-state index in [1.165, 1.54) is 17.2 Å². The highest BCUT2D eigenvalue weighted by Gasteiger charge is 2.40. The van der Waals surface area contributed by atoms with Gasteiger partial charge in [-0.2, -0.15) is 13.2 Å². The lowest BCUT2D eigenvalue weighted by Crippen LogP contribution is -2.56. The van der Waals surface area contributed by atoms with E-state index in [0.29, 0.717) is 18.1 Å². The number of halogens is 4. The van der Waals surface area contributed by atoms with Crippen LogP contribution in [0, 0.1) is 0 Å². The maximum absolute atomic E-state index is 13.2. The van der Waals surface area contributed by atoms with Gasteiger partial charge in [-0.05, 0) is 44.0 Å². The highest BCUT2D eigenvalue weighted by Crippen LogP contribution is 2.38. The van der Waals surface area contributed by atoms with Crippen LogP contribution in [0.2, 0.25) is 0 Å². The molecule has 2 aromatic rings. The van der Waals surface area contributed by atoms with E-state index in [0.717, 1.165) is 30.8 Å². The van der Waals surface area contributed by atoms with Gasteiger partial charge in [0.25, 0.3) is 5.91 Å². The minimum Gasteiger partial charge on any atom is -0.366 e. The van der Waals surface area contributed by atoms with Gasteiger partial charge in [0.05, 0.1) is 11.7 Å². The molecule has 3 amide bonds. The summed E-state index contributed by atoms with van der Waals surface area (Å²) >= 11 is 3.33. The number of amides is 3. The number of urea groups is 1. The summed E-state index contributed by atoms with van der Waals surface area (Å²) in [5.41, 5.74) is 0.457. The third-order valence-corrected chi connectivity index (χ3v) is 5.93. The predicted octanol–water partition coefficient (Wildman–Crippen LogP) is 3.94. The first-order chi connectivity index (χ1) is 15.1. The fourth-order valence-electron chi connectivity index (χ4n) is 3.81. The largest absolute Gasteiger partial charge is 0.408 e. The molecule has 32 heavy (non-hydrogen) atoms. The average molecular weight is 513 g/mol. The number of hydrogen-bond acceptors (Lipinski definition) is 5. The molecule has 8 nitrogen and oxygen atoms in total. The van der Waals surface area contributed by atoms with Crippen molar-refractivity contribution < 1.29 is 22.8 Å². The summed E-state index contributed by atoms with van der Waals surface area (Å²) in [6, 6.07) is 3.66. The highest BCUT2D eigenvalue weighted by atomic mass is 79.9. The Morgan fingerprint density at radius 2 is 2.06 bits per heavy atom. The van der Waals surface area contributed by atoms with Crippen molar-refractivity contribution in [2.45, 2.75) is 38.0 Å². The molecule has 2 aromatic heterocycles. The number of carbonyl (C=O) groups excluding carboxylic acids is 2. The lowest BCUT2D eigenvalue weighted by atomic mass is 9.99. The van der Waals surface area contributed by atoms with E-state index in [2.05, 4.69) is 36.1 Å². The second-order valence-corrected chi connectivity index (χ2v) is 8.59. The zero-order chi connectivity index (χ0) is 23.0. The van der Waals surface area contributed by atoms with Crippen LogP contribution in [0.5, 0.6) is 0 Å². The summed E-state index contributed by atoms with van der Waals surface area (Å²) in [5.74, 6) is -0.393. The predicted molar refractivity (Wildman–Crippen MR) is 116 cm³/mol. The van der Waals surface area contributed by atoms with Crippen molar-refractivity contribution in [2.24, 2.45) is 0 Å². The molecule has 2 atom stereocenters. The van der Waals surface area contributed by atoms with Crippen molar-refractivity contribution in [1.29, 1.82) is 0 Å². The molecule has 1 saturated heterocycles. The van der Waals surface area contributed by atoms with Crippen LogP contribution >= 0.6 is 15.9 Å². The zero-order valence-corrected chi connectivity index (χ0v) is 18.6. The van der Waals surface area contributed by atoms with Gasteiger partial charge in [-0.15, -0.1) is 0 Å². The Hall–Kier alpha value is -2.89. The quantitative estimate of drug-likeness (QED) is 0.649. The fourth-order valence-corrected chi connectivity index (χ4v) is 4.14. The van der Waals surface area contributed by atoms with Crippen molar-refractivity contribution >= 4 is 45.2 Å². The maximum Gasteiger partial charge on any atom is 0.408 e. The van der Waals surface area contributed by atoms with E-state index in [1.807, 2.05) is 5.32 Å². The van der Waals surface area contributed by atoms with Gasteiger partial charge in [-0.3, -0.25) is 15.0 Å². The summed E-state index contributed by atoms with van der Waals surface area (Å²) in [6.45, 7) is 2.23. The molecule has 2 aliphatic heterocycles. The topological polar surface area (TPSA) is 90.5 Å². The Labute approximate surface area is 190 Å². The molecule has 0 aliphatic carbocycles. The normalized spacial score (nSPS) is 18.6. The third-order valence-electron chi connectivity index (χ3n) is 5.43. The highest BCUT2D eigenvalue weighted by molar-refractivity contribution is 9.10. The number of pyridine rings is 2. The summed E-state index contributed by atoms with van der Waals surface area (Å²) < 4.78 is 39.3. The third kappa shape index (κ3) is 4.50. The van der Waals surface area contributed by atoms with Crippen LogP contribution in [0.1, 0.15) is 30.3 Å². The second-order valence-electron chi connectivity index (χ2n) is 7.68. The Morgan fingerprint density at radius 3 is 2.78 bits per heavy atom. The Bertz CT molecular complexity index is 1050. The number of carbonyl (C=O) groups is 2. The molecule has 2 bridgehead atoms. The van der Waals surface area contributed by atoms with Crippen LogP contribution in [0.25, 0.3) is 0 Å². The molecule has 0 saturated carbocycles. The van der Waals surface area contributed by atoms with Crippen molar-refractivity contribution in [2.75, 3.05) is 28.2 Å². The second kappa shape index (κ2) is 8.57. The van der Waals surface area contributed by atoms with E-state index in [1.54, 1.807) is 18.2 Å². The Balaban J connectivity index is 1.65. The number of alkyl halides is 3. The first-order valence-electron chi connectivity index (χ1n) is 9.99. The van der Waals surface area contributed by atoms with Crippen LogP contribution in [0.4, 0.5) is 35.3 Å². The number of anilines is 3. The summed E-state index contributed by atoms with van der Waals surface area (Å²) in [6.07, 6.45) is -1.43. The Morgan fingerprint density at radius 1 is 1.28 bits per heavy atom. The van der Waals surface area contributed by atoms with Crippen LogP contribution in [0.15, 0.2) is 34.9 Å². The molecule has 2 aliphatic rings. The molecule has 0 unspecified atom stereocenters. The van der Waals surface area contributed by atoms with Crippen molar-refractivity contribution in [1.82, 2.24) is 15.3 Å². The zero-order valence-electron chi connectivity index (χ0n) is 17.0.